The smallest absolute Gasteiger partial charge is 0.325 e. The highest BCUT2D eigenvalue weighted by molar-refractivity contribution is 5.95. The molecule has 0 aromatic heterocycles. The summed E-state index contributed by atoms with van der Waals surface area (Å²) in [6.07, 6.45) is 0.697. The van der Waals surface area contributed by atoms with E-state index < -0.39 is 5.72 Å². The fourth-order valence-corrected chi connectivity index (χ4v) is 3.74. The Kier molecular flexibility index (Phi) is 3.60. The first-order valence-electron chi connectivity index (χ1n) is 8.63. The minimum Gasteiger partial charge on any atom is -0.494 e. The van der Waals surface area contributed by atoms with Gasteiger partial charge in [-0.15, -0.1) is 0 Å². The van der Waals surface area contributed by atoms with Crippen LogP contribution in [-0.2, 0) is 0 Å². The number of urea groups is 1. The number of carbonyl (C=O) groups excluding carboxylic acids is 1. The lowest BCUT2D eigenvalue weighted by Gasteiger charge is -2.50. The van der Waals surface area contributed by atoms with Gasteiger partial charge in [0.2, 0.25) is 0 Å². The number of fused-ring (bicyclic) bond motifs is 4. The summed E-state index contributed by atoms with van der Waals surface area (Å²) < 4.78 is 11.8. The minimum absolute atomic E-state index is 0.0277. The number of aryl methyl sites for hydroxylation is 1. The Hall–Kier alpha value is -2.69. The van der Waals surface area contributed by atoms with Crippen LogP contribution in [0.15, 0.2) is 42.5 Å². The van der Waals surface area contributed by atoms with E-state index in [1.54, 1.807) is 4.90 Å². The average molecular weight is 338 g/mol. The van der Waals surface area contributed by atoms with Crippen LogP contribution >= 0.6 is 0 Å². The minimum atomic E-state index is -0.720. The molecule has 0 aliphatic carbocycles. The van der Waals surface area contributed by atoms with Crippen LogP contribution in [0.2, 0.25) is 0 Å². The van der Waals surface area contributed by atoms with Crippen LogP contribution in [0.4, 0.5) is 10.5 Å². The summed E-state index contributed by atoms with van der Waals surface area (Å²) in [6, 6.07) is 13.5. The molecule has 0 saturated carbocycles. The number of carbonyl (C=O) groups is 1. The number of nitrogens with zero attached hydrogens (tertiary/aromatic N) is 1. The van der Waals surface area contributed by atoms with E-state index >= 15 is 0 Å². The number of hydrogen-bond acceptors (Lipinski definition) is 3. The maximum Gasteiger partial charge on any atom is 0.325 e. The second-order valence-corrected chi connectivity index (χ2v) is 6.79. The fraction of sp³-hybridized carbons (Fsp3) is 0.350. The molecule has 0 spiro atoms. The van der Waals surface area contributed by atoms with Gasteiger partial charge in [0, 0.05) is 17.7 Å². The van der Waals surface area contributed by atoms with Crippen LogP contribution in [0, 0.1) is 6.92 Å². The average Bonchev–Trinajstić information content (AvgIpc) is 2.57. The van der Waals surface area contributed by atoms with Crippen molar-refractivity contribution in [3.8, 4) is 11.5 Å². The molecule has 0 unspecified atom stereocenters. The van der Waals surface area contributed by atoms with Crippen molar-refractivity contribution in [2.45, 2.75) is 39.0 Å². The van der Waals surface area contributed by atoms with Crippen LogP contribution in [0.3, 0.4) is 0 Å². The van der Waals surface area contributed by atoms with Gasteiger partial charge < -0.3 is 14.8 Å². The van der Waals surface area contributed by atoms with Gasteiger partial charge in [-0.25, -0.2) is 4.79 Å². The second-order valence-electron chi connectivity index (χ2n) is 6.79. The molecule has 25 heavy (non-hydrogen) atoms. The van der Waals surface area contributed by atoms with E-state index in [9.17, 15) is 4.79 Å². The molecule has 5 heteroatoms. The van der Waals surface area contributed by atoms with Gasteiger partial charge in [-0.2, -0.15) is 0 Å². The molecular formula is C20H22N2O3. The Morgan fingerprint density at radius 2 is 2.04 bits per heavy atom. The summed E-state index contributed by atoms with van der Waals surface area (Å²) in [5.74, 6) is 1.62. The Labute approximate surface area is 147 Å². The maximum atomic E-state index is 12.8. The molecule has 2 aromatic rings. The molecule has 130 valence electrons. The van der Waals surface area contributed by atoms with E-state index in [1.807, 2.05) is 57.2 Å². The zero-order valence-electron chi connectivity index (χ0n) is 14.7. The van der Waals surface area contributed by atoms with E-state index in [0.29, 0.717) is 13.0 Å². The number of benzene rings is 2. The first-order valence-corrected chi connectivity index (χ1v) is 8.63. The van der Waals surface area contributed by atoms with Gasteiger partial charge in [-0.3, -0.25) is 4.90 Å². The first kappa shape index (κ1) is 15.8. The number of ether oxygens (including phenoxy) is 2. The molecule has 1 fully saturated rings. The highest BCUT2D eigenvalue weighted by Gasteiger charge is 2.49. The zero-order valence-corrected chi connectivity index (χ0v) is 14.7. The third-order valence-corrected chi connectivity index (χ3v) is 4.83. The van der Waals surface area contributed by atoms with E-state index in [4.69, 9.17) is 9.47 Å². The molecule has 0 radical (unpaired) electrons. The largest absolute Gasteiger partial charge is 0.494 e. The van der Waals surface area contributed by atoms with Crippen molar-refractivity contribution in [2.24, 2.45) is 0 Å². The molecule has 2 atom stereocenters. The van der Waals surface area contributed by atoms with Crippen LogP contribution < -0.4 is 19.7 Å². The van der Waals surface area contributed by atoms with Crippen molar-refractivity contribution in [1.29, 1.82) is 0 Å². The molecular weight excluding hydrogens is 316 g/mol. The quantitative estimate of drug-likeness (QED) is 0.914. The Morgan fingerprint density at radius 3 is 2.76 bits per heavy atom. The van der Waals surface area contributed by atoms with E-state index in [2.05, 4.69) is 11.4 Å². The second kappa shape index (κ2) is 5.69. The van der Waals surface area contributed by atoms with Crippen LogP contribution in [0.25, 0.3) is 0 Å². The summed E-state index contributed by atoms with van der Waals surface area (Å²) in [5.41, 5.74) is 2.28. The molecule has 4 rings (SSSR count). The lowest BCUT2D eigenvalue weighted by molar-refractivity contribution is 0.0378. The maximum absolute atomic E-state index is 12.8. The van der Waals surface area contributed by atoms with Gasteiger partial charge >= 0.3 is 6.03 Å². The van der Waals surface area contributed by atoms with Crippen LogP contribution in [0.5, 0.6) is 11.5 Å². The van der Waals surface area contributed by atoms with E-state index in [0.717, 1.165) is 28.3 Å². The summed E-state index contributed by atoms with van der Waals surface area (Å²) in [7, 11) is 0. The first-order chi connectivity index (χ1) is 12.0. The summed E-state index contributed by atoms with van der Waals surface area (Å²) >= 11 is 0. The Morgan fingerprint density at radius 1 is 1.28 bits per heavy atom. The summed E-state index contributed by atoms with van der Waals surface area (Å²) in [6.45, 7) is 6.58. The van der Waals surface area contributed by atoms with E-state index in [1.165, 1.54) is 0 Å². The number of nitrogens with one attached hydrogen (secondary N) is 1. The summed E-state index contributed by atoms with van der Waals surface area (Å²) in [5, 5.41) is 3.12. The summed E-state index contributed by atoms with van der Waals surface area (Å²) in [4.78, 5) is 14.5. The molecule has 5 nitrogen and oxygen atoms in total. The molecule has 2 aromatic carbocycles. The standard InChI is InChI=1S/C20H22N2O3/c1-4-24-15-8-6-14(7-9-15)22-19(23)21-17-12-20(22,3)25-18-10-5-13(2)11-16(17)18/h5-11,17H,4,12H2,1-3H3,(H,21,23)/t17-,20+/m1/s1. The van der Waals surface area contributed by atoms with Gasteiger partial charge in [0.25, 0.3) is 0 Å². The lowest BCUT2D eigenvalue weighted by atomic mass is 9.89. The SMILES string of the molecule is CCOc1ccc(N2C(=O)N[C@@H]3C[C@]2(C)Oc2ccc(C)cc23)cc1. The molecule has 2 amide bonds. The van der Waals surface area contributed by atoms with Gasteiger partial charge in [0.15, 0.2) is 5.72 Å². The molecule has 1 N–H and O–H groups in total. The third-order valence-electron chi connectivity index (χ3n) is 4.83. The fourth-order valence-electron chi connectivity index (χ4n) is 3.74. The zero-order chi connectivity index (χ0) is 17.6. The van der Waals surface area contributed by atoms with Crippen molar-refractivity contribution < 1.29 is 14.3 Å². The molecule has 2 bridgehead atoms. The van der Waals surface area contributed by atoms with Crippen molar-refractivity contribution in [1.82, 2.24) is 5.32 Å². The molecule has 1 saturated heterocycles. The highest BCUT2D eigenvalue weighted by Crippen LogP contribution is 2.45. The van der Waals surface area contributed by atoms with Crippen LogP contribution in [-0.4, -0.2) is 18.4 Å². The van der Waals surface area contributed by atoms with Gasteiger partial charge in [-0.1, -0.05) is 17.7 Å². The van der Waals surface area contributed by atoms with Gasteiger partial charge in [0.1, 0.15) is 11.5 Å². The van der Waals surface area contributed by atoms with Crippen LogP contribution in [0.1, 0.15) is 37.4 Å². The highest BCUT2D eigenvalue weighted by atomic mass is 16.5. The van der Waals surface area contributed by atoms with Gasteiger partial charge in [0.05, 0.1) is 12.6 Å². The predicted octanol–water partition coefficient (Wildman–Crippen LogP) is 4.16. The number of amides is 2. The molecule has 2 heterocycles. The topological polar surface area (TPSA) is 50.8 Å². The number of rotatable bonds is 3. The van der Waals surface area contributed by atoms with Crippen molar-refractivity contribution in [2.75, 3.05) is 11.5 Å². The lowest BCUT2D eigenvalue weighted by Crippen LogP contribution is -2.65. The Balaban J connectivity index is 1.71. The van der Waals surface area contributed by atoms with E-state index in [-0.39, 0.29) is 12.1 Å². The molecule has 2 aliphatic heterocycles. The van der Waals surface area contributed by atoms with Gasteiger partial charge in [-0.05, 0) is 51.1 Å². The Bertz CT molecular complexity index is 818. The number of hydrogen-bond donors (Lipinski definition) is 1. The van der Waals surface area contributed by atoms with Crippen molar-refractivity contribution in [3.63, 3.8) is 0 Å². The van der Waals surface area contributed by atoms with Crippen molar-refractivity contribution >= 4 is 11.7 Å². The number of anilines is 1. The normalized spacial score (nSPS) is 24.2. The third kappa shape index (κ3) is 2.60. The predicted molar refractivity (Wildman–Crippen MR) is 96.2 cm³/mol. The monoisotopic (exact) mass is 338 g/mol. The van der Waals surface area contributed by atoms with Crippen molar-refractivity contribution in [3.05, 3.63) is 53.6 Å². The molecule has 2 aliphatic rings.